The summed E-state index contributed by atoms with van der Waals surface area (Å²) in [5.74, 6) is -0.707. The van der Waals surface area contributed by atoms with E-state index in [4.69, 9.17) is 14.0 Å². The van der Waals surface area contributed by atoms with Crippen LogP contribution in [0.15, 0.2) is 18.2 Å². The van der Waals surface area contributed by atoms with E-state index in [2.05, 4.69) is 5.32 Å². The summed E-state index contributed by atoms with van der Waals surface area (Å²) in [6.07, 6.45) is 1.00. The van der Waals surface area contributed by atoms with Gasteiger partial charge in [-0.15, -0.1) is 0 Å². The molecule has 1 aromatic carbocycles. The van der Waals surface area contributed by atoms with Gasteiger partial charge in [-0.05, 0) is 79.5 Å². The SMILES string of the molecule is CC(C)(C)OC(=O)N[C@@H]1CCCN(C(=O)c2ccc(F)c(B3OC(C)(C)C(C)(C)O3)c2)C1. The van der Waals surface area contributed by atoms with Crippen molar-refractivity contribution in [2.24, 2.45) is 0 Å². The zero-order valence-electron chi connectivity index (χ0n) is 20.1. The standard InChI is InChI=1S/C23H34BFN2O5/c1-21(2,3)30-20(29)26-16-9-8-12-27(14-16)19(28)15-10-11-18(25)17(13-15)24-31-22(4,5)23(6,7)32-24/h10-11,13,16H,8-9,12,14H2,1-7H3,(H,26,29)/t16-/m1/s1. The molecule has 0 unspecified atom stereocenters. The molecule has 1 N–H and O–H groups in total. The number of carbonyl (C=O) groups is 2. The number of carbonyl (C=O) groups excluding carboxylic acids is 2. The van der Waals surface area contributed by atoms with Gasteiger partial charge in [0.2, 0.25) is 0 Å². The van der Waals surface area contributed by atoms with Gasteiger partial charge in [0.05, 0.1) is 11.2 Å². The van der Waals surface area contributed by atoms with Crippen molar-refractivity contribution in [2.75, 3.05) is 13.1 Å². The number of hydrogen-bond acceptors (Lipinski definition) is 5. The molecule has 0 radical (unpaired) electrons. The number of ether oxygens (including phenoxy) is 1. The Labute approximate surface area is 190 Å². The number of benzene rings is 1. The zero-order valence-corrected chi connectivity index (χ0v) is 20.1. The Morgan fingerprint density at radius 1 is 1.19 bits per heavy atom. The van der Waals surface area contributed by atoms with Crippen LogP contribution in [-0.4, -0.2) is 60.0 Å². The maximum absolute atomic E-state index is 14.6. The molecule has 2 heterocycles. The summed E-state index contributed by atoms with van der Waals surface area (Å²) >= 11 is 0. The molecule has 0 aliphatic carbocycles. The van der Waals surface area contributed by atoms with E-state index >= 15 is 0 Å². The lowest BCUT2D eigenvalue weighted by molar-refractivity contribution is 0.00578. The average Bonchev–Trinajstić information content (AvgIpc) is 2.87. The predicted octanol–water partition coefficient (Wildman–Crippen LogP) is 3.25. The highest BCUT2D eigenvalue weighted by atomic mass is 19.1. The van der Waals surface area contributed by atoms with Gasteiger partial charge >= 0.3 is 13.2 Å². The number of halogens is 1. The van der Waals surface area contributed by atoms with Crippen LogP contribution < -0.4 is 10.8 Å². The Hall–Kier alpha value is -2.13. The fourth-order valence-electron chi connectivity index (χ4n) is 3.76. The third kappa shape index (κ3) is 5.43. The quantitative estimate of drug-likeness (QED) is 0.719. The van der Waals surface area contributed by atoms with Gasteiger partial charge < -0.3 is 24.3 Å². The lowest BCUT2D eigenvalue weighted by Crippen LogP contribution is -2.50. The minimum atomic E-state index is -0.893. The van der Waals surface area contributed by atoms with Crippen molar-refractivity contribution in [1.82, 2.24) is 10.2 Å². The van der Waals surface area contributed by atoms with Crippen LogP contribution in [0.25, 0.3) is 0 Å². The second-order valence-corrected chi connectivity index (χ2v) is 10.6. The minimum absolute atomic E-state index is 0.203. The molecule has 3 rings (SSSR count). The van der Waals surface area contributed by atoms with Gasteiger partial charge in [-0.25, -0.2) is 9.18 Å². The molecular weight excluding hydrogens is 414 g/mol. The van der Waals surface area contributed by atoms with Gasteiger partial charge in [-0.1, -0.05) is 0 Å². The molecule has 2 fully saturated rings. The predicted molar refractivity (Wildman–Crippen MR) is 120 cm³/mol. The number of piperidine rings is 1. The van der Waals surface area contributed by atoms with E-state index in [0.717, 1.165) is 12.8 Å². The Morgan fingerprint density at radius 3 is 2.41 bits per heavy atom. The summed E-state index contributed by atoms with van der Waals surface area (Å²) < 4.78 is 31.9. The zero-order chi connectivity index (χ0) is 23.9. The Bertz CT molecular complexity index is 868. The van der Waals surface area contributed by atoms with Crippen molar-refractivity contribution < 1.29 is 28.0 Å². The largest absolute Gasteiger partial charge is 0.497 e. The topological polar surface area (TPSA) is 77.1 Å². The summed E-state index contributed by atoms with van der Waals surface area (Å²) in [4.78, 5) is 26.9. The molecular formula is C23H34BFN2O5. The fraction of sp³-hybridized carbons (Fsp3) is 0.652. The van der Waals surface area contributed by atoms with Crippen LogP contribution >= 0.6 is 0 Å². The third-order valence-corrected chi connectivity index (χ3v) is 6.18. The monoisotopic (exact) mass is 448 g/mol. The van der Waals surface area contributed by atoms with Crippen molar-refractivity contribution in [1.29, 1.82) is 0 Å². The first-order chi connectivity index (χ1) is 14.7. The molecule has 2 aliphatic heterocycles. The molecule has 0 spiro atoms. The molecule has 7 nitrogen and oxygen atoms in total. The molecule has 2 aliphatic rings. The van der Waals surface area contributed by atoms with Gasteiger partial charge in [0.25, 0.3) is 5.91 Å². The molecule has 32 heavy (non-hydrogen) atoms. The van der Waals surface area contributed by atoms with E-state index in [0.29, 0.717) is 18.7 Å². The molecule has 0 aromatic heterocycles. The van der Waals surface area contributed by atoms with E-state index < -0.39 is 35.8 Å². The Balaban J connectivity index is 1.71. The molecule has 2 amide bonds. The van der Waals surface area contributed by atoms with Gasteiger partial charge in [0.1, 0.15) is 11.4 Å². The Morgan fingerprint density at radius 2 is 1.81 bits per heavy atom. The fourth-order valence-corrected chi connectivity index (χ4v) is 3.76. The second kappa shape index (κ2) is 8.67. The first-order valence-corrected chi connectivity index (χ1v) is 11.1. The van der Waals surface area contributed by atoms with Crippen LogP contribution in [0.2, 0.25) is 0 Å². The number of hydrogen-bond donors (Lipinski definition) is 1. The van der Waals surface area contributed by atoms with E-state index in [1.807, 2.05) is 27.7 Å². The van der Waals surface area contributed by atoms with Crippen molar-refractivity contribution in [2.45, 2.75) is 84.2 Å². The van der Waals surface area contributed by atoms with Crippen LogP contribution in [0.5, 0.6) is 0 Å². The maximum atomic E-state index is 14.6. The normalized spacial score (nSPS) is 22.6. The molecule has 176 valence electrons. The third-order valence-electron chi connectivity index (χ3n) is 6.18. The van der Waals surface area contributed by atoms with Crippen molar-refractivity contribution in [3.63, 3.8) is 0 Å². The summed E-state index contributed by atoms with van der Waals surface area (Å²) in [5.41, 5.74) is -1.26. The second-order valence-electron chi connectivity index (χ2n) is 10.6. The van der Waals surface area contributed by atoms with Crippen LogP contribution in [0.3, 0.4) is 0 Å². The van der Waals surface area contributed by atoms with Crippen LogP contribution in [0.1, 0.15) is 71.7 Å². The molecule has 2 saturated heterocycles. The highest BCUT2D eigenvalue weighted by Gasteiger charge is 2.52. The molecule has 1 aromatic rings. The van der Waals surface area contributed by atoms with Gasteiger partial charge in [0.15, 0.2) is 0 Å². The molecule has 9 heteroatoms. The molecule has 1 atom stereocenters. The van der Waals surface area contributed by atoms with Crippen molar-refractivity contribution >= 4 is 24.6 Å². The lowest BCUT2D eigenvalue weighted by atomic mass is 9.77. The van der Waals surface area contributed by atoms with Crippen molar-refractivity contribution in [3.05, 3.63) is 29.6 Å². The molecule has 0 saturated carbocycles. The van der Waals surface area contributed by atoms with Gasteiger partial charge in [-0.2, -0.15) is 0 Å². The highest BCUT2D eigenvalue weighted by molar-refractivity contribution is 6.62. The summed E-state index contributed by atoms with van der Waals surface area (Å²) in [6.45, 7) is 13.9. The summed E-state index contributed by atoms with van der Waals surface area (Å²) in [7, 11) is -0.893. The highest BCUT2D eigenvalue weighted by Crippen LogP contribution is 2.36. The van der Waals surface area contributed by atoms with E-state index in [-0.39, 0.29) is 17.4 Å². The summed E-state index contributed by atoms with van der Waals surface area (Å²) in [5, 5.41) is 2.84. The number of alkyl carbamates (subject to hydrolysis) is 1. The van der Waals surface area contributed by atoms with Crippen LogP contribution in [-0.2, 0) is 14.0 Å². The Kier molecular flexibility index (Phi) is 6.64. The average molecular weight is 448 g/mol. The van der Waals surface area contributed by atoms with Crippen LogP contribution in [0, 0.1) is 5.82 Å². The smallest absolute Gasteiger partial charge is 0.444 e. The van der Waals surface area contributed by atoms with E-state index in [9.17, 15) is 14.0 Å². The van der Waals surface area contributed by atoms with Gasteiger partial charge in [-0.3, -0.25) is 4.79 Å². The first-order valence-electron chi connectivity index (χ1n) is 11.1. The number of nitrogens with one attached hydrogen (secondary N) is 1. The summed E-state index contributed by atoms with van der Waals surface area (Å²) in [6, 6.07) is 4.04. The first kappa shape index (κ1) is 24.5. The van der Waals surface area contributed by atoms with E-state index in [1.165, 1.54) is 18.2 Å². The number of amides is 2. The number of nitrogens with zero attached hydrogens (tertiary/aromatic N) is 1. The number of likely N-dealkylation sites (tertiary alicyclic amines) is 1. The minimum Gasteiger partial charge on any atom is -0.444 e. The maximum Gasteiger partial charge on any atom is 0.497 e. The van der Waals surface area contributed by atoms with E-state index in [1.54, 1.807) is 25.7 Å². The van der Waals surface area contributed by atoms with Gasteiger partial charge in [0, 0.05) is 30.2 Å². The van der Waals surface area contributed by atoms with Crippen LogP contribution in [0.4, 0.5) is 9.18 Å². The number of rotatable bonds is 3. The lowest BCUT2D eigenvalue weighted by Gasteiger charge is -2.33. The molecule has 0 bridgehead atoms. The van der Waals surface area contributed by atoms with Crippen molar-refractivity contribution in [3.8, 4) is 0 Å².